The number of fused-ring (bicyclic) bond motifs is 1. The van der Waals surface area contributed by atoms with Gasteiger partial charge in [-0.3, -0.25) is 20.4 Å². The van der Waals surface area contributed by atoms with E-state index in [1.54, 1.807) is 19.2 Å². The van der Waals surface area contributed by atoms with Crippen LogP contribution in [-0.4, -0.2) is 18.9 Å². The Labute approximate surface area is 168 Å². The number of methoxy groups -OCH3 is 1. The number of halogens is 1. The fraction of sp³-hybridized carbons (Fsp3) is 0.400. The van der Waals surface area contributed by atoms with Crippen molar-refractivity contribution in [1.82, 2.24) is 10.9 Å². The maximum Gasteiger partial charge on any atom is 0.279 e. The van der Waals surface area contributed by atoms with Crippen molar-refractivity contribution in [3.63, 3.8) is 0 Å². The summed E-state index contributed by atoms with van der Waals surface area (Å²) in [5.74, 6) is 0.757. The van der Waals surface area contributed by atoms with Crippen molar-refractivity contribution >= 4 is 34.8 Å². The first-order chi connectivity index (χ1) is 13.0. The molecule has 1 aliphatic rings. The lowest BCUT2D eigenvalue weighted by Gasteiger charge is -2.16. The van der Waals surface area contributed by atoms with Crippen molar-refractivity contribution < 1.29 is 14.3 Å². The van der Waals surface area contributed by atoms with E-state index in [0.29, 0.717) is 28.0 Å². The van der Waals surface area contributed by atoms with Crippen molar-refractivity contribution in [1.29, 1.82) is 0 Å². The molecule has 1 aromatic heterocycles. The van der Waals surface area contributed by atoms with E-state index in [9.17, 15) is 9.59 Å². The van der Waals surface area contributed by atoms with Crippen molar-refractivity contribution in [2.45, 2.75) is 39.0 Å². The molecule has 2 N–H and O–H groups in total. The minimum absolute atomic E-state index is 0.245. The maximum atomic E-state index is 12.3. The zero-order chi connectivity index (χ0) is 19.4. The van der Waals surface area contributed by atoms with Crippen LogP contribution >= 0.6 is 22.9 Å². The van der Waals surface area contributed by atoms with Gasteiger partial charge in [0.1, 0.15) is 5.75 Å². The number of hydrogen-bond acceptors (Lipinski definition) is 4. The molecular formula is C20H23ClN2O3S. The molecule has 2 aromatic rings. The summed E-state index contributed by atoms with van der Waals surface area (Å²) < 4.78 is 5.11. The van der Waals surface area contributed by atoms with Gasteiger partial charge in [-0.1, -0.05) is 24.6 Å². The molecule has 0 saturated carbocycles. The fourth-order valence-corrected chi connectivity index (χ4v) is 4.58. The van der Waals surface area contributed by atoms with Crippen LogP contribution in [0.5, 0.6) is 5.75 Å². The average Bonchev–Trinajstić information content (AvgIpc) is 3.07. The van der Waals surface area contributed by atoms with Gasteiger partial charge in [0.2, 0.25) is 5.91 Å². The third-order valence-corrected chi connectivity index (χ3v) is 6.26. The molecule has 5 nitrogen and oxygen atoms in total. The quantitative estimate of drug-likeness (QED) is 0.739. The first kappa shape index (κ1) is 19.7. The number of benzene rings is 1. The van der Waals surface area contributed by atoms with Gasteiger partial charge in [0.25, 0.3) is 5.91 Å². The number of hydrazine groups is 1. The third-order valence-electron chi connectivity index (χ3n) is 4.73. The summed E-state index contributed by atoms with van der Waals surface area (Å²) in [5, 5.41) is 0.514. The predicted molar refractivity (Wildman–Crippen MR) is 107 cm³/mol. The van der Waals surface area contributed by atoms with Gasteiger partial charge in [-0.05, 0) is 60.9 Å². The zero-order valence-corrected chi connectivity index (χ0v) is 17.0. The summed E-state index contributed by atoms with van der Waals surface area (Å²) in [6.45, 7) is 2.23. The van der Waals surface area contributed by atoms with Crippen LogP contribution in [0.4, 0.5) is 0 Å². The van der Waals surface area contributed by atoms with Gasteiger partial charge in [-0.2, -0.15) is 0 Å². The molecule has 1 aliphatic carbocycles. The number of thiophene rings is 1. The van der Waals surface area contributed by atoms with Crippen LogP contribution < -0.4 is 15.6 Å². The number of ether oxygens (including phenoxy) is 1. The second-order valence-electron chi connectivity index (χ2n) is 6.88. The topological polar surface area (TPSA) is 67.4 Å². The Bertz CT molecular complexity index is 850. The summed E-state index contributed by atoms with van der Waals surface area (Å²) in [7, 11) is 1.56. The molecule has 0 fully saturated rings. The highest BCUT2D eigenvalue weighted by atomic mass is 35.5. The number of hydrogen-bond donors (Lipinski definition) is 2. The van der Waals surface area contributed by atoms with Gasteiger partial charge < -0.3 is 4.74 Å². The van der Waals surface area contributed by atoms with Crippen molar-refractivity contribution in [3.05, 3.63) is 50.2 Å². The number of amides is 2. The summed E-state index contributed by atoms with van der Waals surface area (Å²) in [6, 6.07) is 7.38. The summed E-state index contributed by atoms with van der Waals surface area (Å²) in [6.07, 6.45) is 4.00. The monoisotopic (exact) mass is 406 g/mol. The second-order valence-corrected chi connectivity index (χ2v) is 8.42. The van der Waals surface area contributed by atoms with Crippen LogP contribution in [0.3, 0.4) is 0 Å². The van der Waals surface area contributed by atoms with Crippen molar-refractivity contribution in [2.75, 3.05) is 7.11 Å². The van der Waals surface area contributed by atoms with Gasteiger partial charge >= 0.3 is 0 Å². The molecule has 3 rings (SSSR count). The number of aryl methyl sites for hydroxylation is 2. The molecule has 0 radical (unpaired) electrons. The largest absolute Gasteiger partial charge is 0.495 e. The molecule has 0 saturated heterocycles. The molecule has 2 amide bonds. The summed E-state index contributed by atoms with van der Waals surface area (Å²) in [4.78, 5) is 26.3. The molecule has 144 valence electrons. The van der Waals surface area contributed by atoms with Crippen LogP contribution in [0, 0.1) is 5.92 Å². The van der Waals surface area contributed by atoms with Crippen molar-refractivity contribution in [3.8, 4) is 5.75 Å². The Morgan fingerprint density at radius 2 is 2.11 bits per heavy atom. The molecule has 1 heterocycles. The zero-order valence-electron chi connectivity index (χ0n) is 15.4. The van der Waals surface area contributed by atoms with Gasteiger partial charge in [0.15, 0.2) is 0 Å². The van der Waals surface area contributed by atoms with E-state index in [-0.39, 0.29) is 18.2 Å². The summed E-state index contributed by atoms with van der Waals surface area (Å²) in [5.41, 5.74) is 7.20. The van der Waals surface area contributed by atoms with E-state index in [1.807, 2.05) is 12.1 Å². The molecule has 0 bridgehead atoms. The van der Waals surface area contributed by atoms with E-state index in [2.05, 4.69) is 17.8 Å². The Morgan fingerprint density at radius 1 is 1.30 bits per heavy atom. The Balaban J connectivity index is 1.47. The van der Waals surface area contributed by atoms with Gasteiger partial charge in [0, 0.05) is 11.3 Å². The predicted octanol–water partition coefficient (Wildman–Crippen LogP) is 3.93. The Morgan fingerprint density at radius 3 is 2.85 bits per heavy atom. The van der Waals surface area contributed by atoms with Gasteiger partial charge in [-0.25, -0.2) is 0 Å². The number of nitrogens with one attached hydrogen (secondary N) is 2. The SMILES string of the molecule is COc1ccc(CCC(=O)NNC(=O)c2cc3c(s2)CCC(C)C3)cc1Cl. The number of carbonyl (C=O) groups is 2. The second kappa shape index (κ2) is 8.76. The Kier molecular flexibility index (Phi) is 6.39. The first-order valence-corrected chi connectivity index (χ1v) is 10.2. The highest BCUT2D eigenvalue weighted by Crippen LogP contribution is 2.32. The summed E-state index contributed by atoms with van der Waals surface area (Å²) >= 11 is 7.61. The highest BCUT2D eigenvalue weighted by molar-refractivity contribution is 7.14. The fourth-order valence-electron chi connectivity index (χ4n) is 3.19. The molecular weight excluding hydrogens is 384 g/mol. The minimum Gasteiger partial charge on any atom is -0.495 e. The third kappa shape index (κ3) is 5.02. The molecule has 1 unspecified atom stereocenters. The maximum absolute atomic E-state index is 12.3. The number of rotatable bonds is 5. The molecule has 27 heavy (non-hydrogen) atoms. The lowest BCUT2D eigenvalue weighted by atomic mass is 9.90. The van der Waals surface area contributed by atoms with Crippen LogP contribution in [0.2, 0.25) is 5.02 Å². The lowest BCUT2D eigenvalue weighted by molar-refractivity contribution is -0.121. The van der Waals surface area contributed by atoms with Crippen LogP contribution in [0.15, 0.2) is 24.3 Å². The standard InChI is InChI=1S/C20H23ClN2O3S/c1-12-3-7-17-14(9-12)11-18(27-17)20(25)23-22-19(24)8-5-13-4-6-16(26-2)15(21)10-13/h4,6,10-12H,3,5,7-9H2,1-2H3,(H,22,24)(H,23,25). The normalized spacial score (nSPS) is 15.7. The van der Waals surface area contributed by atoms with Crippen molar-refractivity contribution in [2.24, 2.45) is 5.92 Å². The Hall–Kier alpha value is -2.05. The lowest BCUT2D eigenvalue weighted by Crippen LogP contribution is -2.41. The highest BCUT2D eigenvalue weighted by Gasteiger charge is 2.20. The van der Waals surface area contributed by atoms with E-state index < -0.39 is 0 Å². The van der Waals surface area contributed by atoms with Gasteiger partial charge in [-0.15, -0.1) is 11.3 Å². The van der Waals surface area contributed by atoms with E-state index in [1.165, 1.54) is 28.2 Å². The van der Waals surface area contributed by atoms with E-state index >= 15 is 0 Å². The van der Waals surface area contributed by atoms with Crippen LogP contribution in [-0.2, 0) is 24.1 Å². The molecule has 0 spiro atoms. The van der Waals surface area contributed by atoms with E-state index in [0.717, 1.165) is 18.4 Å². The molecule has 1 atom stereocenters. The smallest absolute Gasteiger partial charge is 0.279 e. The molecule has 7 heteroatoms. The van der Waals surface area contributed by atoms with Crippen LogP contribution in [0.1, 0.15) is 45.4 Å². The molecule has 1 aromatic carbocycles. The molecule has 0 aliphatic heterocycles. The average molecular weight is 407 g/mol. The first-order valence-electron chi connectivity index (χ1n) is 8.99. The van der Waals surface area contributed by atoms with Crippen LogP contribution in [0.25, 0.3) is 0 Å². The van der Waals surface area contributed by atoms with Gasteiger partial charge in [0.05, 0.1) is 17.0 Å². The minimum atomic E-state index is -0.261. The van der Waals surface area contributed by atoms with E-state index in [4.69, 9.17) is 16.3 Å². The number of carbonyl (C=O) groups excluding carboxylic acids is 2.